The first-order chi connectivity index (χ1) is 8.15. The van der Waals surface area contributed by atoms with Crippen molar-refractivity contribution in [3.8, 4) is 0 Å². The molecule has 3 N–H and O–H groups in total. The molecule has 0 aromatic carbocycles. The Morgan fingerprint density at radius 3 is 2.28 bits per heavy atom. The molecule has 0 saturated carbocycles. The average molecular weight is 258 g/mol. The molecular formula is C14H30N2O2. The van der Waals surface area contributed by atoms with Crippen molar-refractivity contribution in [2.75, 3.05) is 6.54 Å². The van der Waals surface area contributed by atoms with Gasteiger partial charge in [-0.15, -0.1) is 0 Å². The van der Waals surface area contributed by atoms with Gasteiger partial charge in [0.2, 0.25) is 5.91 Å². The Labute approximate surface area is 112 Å². The first kappa shape index (κ1) is 17.4. The predicted molar refractivity (Wildman–Crippen MR) is 75.4 cm³/mol. The second kappa shape index (κ2) is 7.74. The van der Waals surface area contributed by atoms with E-state index in [1.165, 1.54) is 0 Å². The molecule has 0 aromatic heterocycles. The SMILES string of the molecule is CCC(C)NC(=O)C(C)NCC(O)CC(C)(C)C. The van der Waals surface area contributed by atoms with Crippen molar-refractivity contribution >= 4 is 5.91 Å². The van der Waals surface area contributed by atoms with Crippen molar-refractivity contribution in [1.82, 2.24) is 10.6 Å². The number of hydrogen-bond donors (Lipinski definition) is 3. The number of carbonyl (C=O) groups is 1. The predicted octanol–water partition coefficient (Wildman–Crippen LogP) is 1.68. The molecule has 3 atom stereocenters. The van der Waals surface area contributed by atoms with E-state index in [-0.39, 0.29) is 23.4 Å². The Kier molecular flexibility index (Phi) is 7.48. The summed E-state index contributed by atoms with van der Waals surface area (Å²) in [7, 11) is 0. The standard InChI is InChI=1S/C14H30N2O2/c1-7-10(2)16-13(18)11(3)15-9-12(17)8-14(4,5)6/h10-12,15,17H,7-9H2,1-6H3,(H,16,18). The fourth-order valence-corrected chi connectivity index (χ4v) is 1.65. The molecule has 0 fully saturated rings. The van der Waals surface area contributed by atoms with E-state index in [1.54, 1.807) is 0 Å². The van der Waals surface area contributed by atoms with E-state index in [9.17, 15) is 9.90 Å². The van der Waals surface area contributed by atoms with E-state index in [4.69, 9.17) is 0 Å². The number of hydrogen-bond acceptors (Lipinski definition) is 3. The third-order valence-electron chi connectivity index (χ3n) is 2.90. The van der Waals surface area contributed by atoms with Gasteiger partial charge in [0.05, 0.1) is 12.1 Å². The van der Waals surface area contributed by atoms with Gasteiger partial charge in [0.25, 0.3) is 0 Å². The molecule has 0 aliphatic rings. The normalized spacial score (nSPS) is 17.1. The van der Waals surface area contributed by atoms with E-state index >= 15 is 0 Å². The van der Waals surface area contributed by atoms with Crippen LogP contribution in [0.5, 0.6) is 0 Å². The molecule has 0 bridgehead atoms. The highest BCUT2D eigenvalue weighted by atomic mass is 16.3. The Balaban J connectivity index is 3.95. The van der Waals surface area contributed by atoms with Crippen LogP contribution in [0.4, 0.5) is 0 Å². The topological polar surface area (TPSA) is 61.4 Å². The molecule has 18 heavy (non-hydrogen) atoms. The number of rotatable bonds is 7. The summed E-state index contributed by atoms with van der Waals surface area (Å²) >= 11 is 0. The lowest BCUT2D eigenvalue weighted by Gasteiger charge is -2.24. The third kappa shape index (κ3) is 8.48. The molecule has 0 aliphatic heterocycles. The summed E-state index contributed by atoms with van der Waals surface area (Å²) in [5.74, 6) is -0.00712. The smallest absolute Gasteiger partial charge is 0.237 e. The van der Waals surface area contributed by atoms with Crippen molar-refractivity contribution in [3.05, 3.63) is 0 Å². The monoisotopic (exact) mass is 258 g/mol. The number of aliphatic hydroxyl groups is 1. The highest BCUT2D eigenvalue weighted by Gasteiger charge is 2.19. The minimum absolute atomic E-state index is 0.00712. The summed E-state index contributed by atoms with van der Waals surface area (Å²) < 4.78 is 0. The molecular weight excluding hydrogens is 228 g/mol. The van der Waals surface area contributed by atoms with E-state index in [1.807, 2.05) is 20.8 Å². The molecule has 3 unspecified atom stereocenters. The number of aliphatic hydroxyl groups excluding tert-OH is 1. The Morgan fingerprint density at radius 2 is 1.83 bits per heavy atom. The lowest BCUT2D eigenvalue weighted by atomic mass is 9.89. The Hall–Kier alpha value is -0.610. The van der Waals surface area contributed by atoms with Crippen molar-refractivity contribution in [2.24, 2.45) is 5.41 Å². The largest absolute Gasteiger partial charge is 0.392 e. The zero-order valence-corrected chi connectivity index (χ0v) is 12.7. The van der Waals surface area contributed by atoms with Gasteiger partial charge in [0, 0.05) is 12.6 Å². The van der Waals surface area contributed by atoms with Crippen LogP contribution in [0.1, 0.15) is 54.4 Å². The number of amides is 1. The van der Waals surface area contributed by atoms with E-state index in [0.29, 0.717) is 6.54 Å². The summed E-state index contributed by atoms with van der Waals surface area (Å²) in [5, 5.41) is 15.8. The summed E-state index contributed by atoms with van der Waals surface area (Å²) in [6, 6.07) is -0.0742. The lowest BCUT2D eigenvalue weighted by molar-refractivity contribution is -0.123. The molecule has 0 aliphatic carbocycles. The minimum Gasteiger partial charge on any atom is -0.392 e. The maximum absolute atomic E-state index is 11.8. The van der Waals surface area contributed by atoms with Crippen LogP contribution in [-0.4, -0.2) is 35.7 Å². The van der Waals surface area contributed by atoms with Gasteiger partial charge in [-0.05, 0) is 32.1 Å². The summed E-state index contributed by atoms with van der Waals surface area (Å²) in [6.45, 7) is 12.6. The van der Waals surface area contributed by atoms with Crippen molar-refractivity contribution in [1.29, 1.82) is 0 Å². The second-order valence-corrected chi connectivity index (χ2v) is 6.37. The molecule has 0 heterocycles. The molecule has 0 aromatic rings. The fourth-order valence-electron chi connectivity index (χ4n) is 1.65. The molecule has 0 saturated heterocycles. The molecule has 4 heteroatoms. The van der Waals surface area contributed by atoms with E-state index in [2.05, 4.69) is 31.4 Å². The van der Waals surface area contributed by atoms with Crippen LogP contribution in [0, 0.1) is 5.41 Å². The second-order valence-electron chi connectivity index (χ2n) is 6.37. The molecule has 108 valence electrons. The lowest BCUT2D eigenvalue weighted by Crippen LogP contribution is -2.47. The number of nitrogens with one attached hydrogen (secondary N) is 2. The van der Waals surface area contributed by atoms with Crippen LogP contribution in [0.2, 0.25) is 0 Å². The van der Waals surface area contributed by atoms with Gasteiger partial charge in [0.1, 0.15) is 0 Å². The average Bonchev–Trinajstić information content (AvgIpc) is 2.23. The first-order valence-electron chi connectivity index (χ1n) is 6.87. The Bertz CT molecular complexity index is 249. The highest BCUT2D eigenvalue weighted by Crippen LogP contribution is 2.20. The van der Waals surface area contributed by atoms with Gasteiger partial charge in [-0.1, -0.05) is 27.7 Å². The summed E-state index contributed by atoms with van der Waals surface area (Å²) in [4.78, 5) is 11.8. The van der Waals surface area contributed by atoms with Gasteiger partial charge in [-0.2, -0.15) is 0 Å². The first-order valence-corrected chi connectivity index (χ1v) is 6.87. The van der Waals surface area contributed by atoms with Crippen LogP contribution >= 0.6 is 0 Å². The number of carbonyl (C=O) groups excluding carboxylic acids is 1. The maximum atomic E-state index is 11.8. The molecule has 0 spiro atoms. The zero-order valence-electron chi connectivity index (χ0n) is 12.7. The van der Waals surface area contributed by atoms with E-state index < -0.39 is 6.10 Å². The van der Waals surface area contributed by atoms with Gasteiger partial charge in [-0.25, -0.2) is 0 Å². The van der Waals surface area contributed by atoms with Crippen molar-refractivity contribution < 1.29 is 9.90 Å². The van der Waals surface area contributed by atoms with Crippen LogP contribution < -0.4 is 10.6 Å². The fraction of sp³-hybridized carbons (Fsp3) is 0.929. The quantitative estimate of drug-likeness (QED) is 0.651. The highest BCUT2D eigenvalue weighted by molar-refractivity contribution is 5.81. The molecule has 0 radical (unpaired) electrons. The van der Waals surface area contributed by atoms with Crippen LogP contribution in [-0.2, 0) is 4.79 Å². The third-order valence-corrected chi connectivity index (χ3v) is 2.90. The van der Waals surface area contributed by atoms with Crippen LogP contribution in [0.15, 0.2) is 0 Å². The molecule has 0 rings (SSSR count). The van der Waals surface area contributed by atoms with Crippen molar-refractivity contribution in [3.63, 3.8) is 0 Å². The maximum Gasteiger partial charge on any atom is 0.237 e. The minimum atomic E-state index is -0.413. The van der Waals surface area contributed by atoms with Crippen LogP contribution in [0.3, 0.4) is 0 Å². The van der Waals surface area contributed by atoms with Crippen LogP contribution in [0.25, 0.3) is 0 Å². The summed E-state index contributed by atoms with van der Waals surface area (Å²) in [5.41, 5.74) is 0.101. The summed E-state index contributed by atoms with van der Waals surface area (Å²) in [6.07, 6.45) is 1.23. The molecule has 4 nitrogen and oxygen atoms in total. The Morgan fingerprint density at radius 1 is 1.28 bits per heavy atom. The molecule has 1 amide bonds. The zero-order chi connectivity index (χ0) is 14.3. The van der Waals surface area contributed by atoms with E-state index in [0.717, 1.165) is 12.8 Å². The van der Waals surface area contributed by atoms with Gasteiger partial charge in [0.15, 0.2) is 0 Å². The van der Waals surface area contributed by atoms with Gasteiger partial charge in [-0.3, -0.25) is 4.79 Å². The van der Waals surface area contributed by atoms with Gasteiger partial charge < -0.3 is 15.7 Å². The van der Waals surface area contributed by atoms with Gasteiger partial charge >= 0.3 is 0 Å². The van der Waals surface area contributed by atoms with Crippen molar-refractivity contribution in [2.45, 2.75) is 72.6 Å².